The number of rotatable bonds is 4. The number of aromatic nitrogens is 3. The number of fused-ring (bicyclic) bond motifs is 1. The predicted molar refractivity (Wildman–Crippen MR) is 95.6 cm³/mol. The minimum Gasteiger partial charge on any atom is -0.496 e. The van der Waals surface area contributed by atoms with E-state index < -0.39 is 0 Å². The van der Waals surface area contributed by atoms with Crippen LogP contribution in [0.15, 0.2) is 67.0 Å². The smallest absolute Gasteiger partial charge is 0.227 e. The normalized spacial score (nSPS) is 10.7. The topological polar surface area (TPSA) is 62.8 Å². The summed E-state index contributed by atoms with van der Waals surface area (Å²) in [6, 6.07) is 17.7. The maximum atomic E-state index is 5.49. The van der Waals surface area contributed by atoms with Gasteiger partial charge in [0.25, 0.3) is 0 Å². The minimum absolute atomic E-state index is 0.558. The Hall–Kier alpha value is -3.34. The average molecular weight is 316 g/mol. The van der Waals surface area contributed by atoms with Gasteiger partial charge in [0.15, 0.2) is 0 Å². The zero-order valence-corrected chi connectivity index (χ0v) is 13.2. The van der Waals surface area contributed by atoms with Crippen LogP contribution in [0.1, 0.15) is 0 Å². The lowest BCUT2D eigenvalue weighted by atomic mass is 10.1. The van der Waals surface area contributed by atoms with Crippen molar-refractivity contribution in [3.63, 3.8) is 0 Å². The van der Waals surface area contributed by atoms with Crippen molar-refractivity contribution >= 4 is 22.5 Å². The molecule has 118 valence electrons. The third kappa shape index (κ3) is 2.56. The molecule has 4 aromatic rings. The number of benzene rings is 2. The Kier molecular flexibility index (Phi) is 3.59. The van der Waals surface area contributed by atoms with Gasteiger partial charge in [-0.15, -0.1) is 0 Å². The molecule has 0 fully saturated rings. The first-order chi connectivity index (χ1) is 11.8. The summed E-state index contributed by atoms with van der Waals surface area (Å²) < 4.78 is 5.49. The highest BCUT2D eigenvalue weighted by molar-refractivity contribution is 5.99. The summed E-state index contributed by atoms with van der Waals surface area (Å²) in [5.74, 6) is 1.38. The van der Waals surface area contributed by atoms with Crippen molar-refractivity contribution in [2.24, 2.45) is 0 Å². The van der Waals surface area contributed by atoms with Gasteiger partial charge in [-0.2, -0.15) is 0 Å². The lowest BCUT2D eigenvalue weighted by Gasteiger charge is -2.07. The Morgan fingerprint density at radius 2 is 1.88 bits per heavy atom. The van der Waals surface area contributed by atoms with Crippen LogP contribution >= 0.6 is 0 Å². The second kappa shape index (κ2) is 6.04. The van der Waals surface area contributed by atoms with E-state index in [2.05, 4.69) is 20.3 Å². The van der Waals surface area contributed by atoms with Crippen LogP contribution in [-0.4, -0.2) is 22.1 Å². The van der Waals surface area contributed by atoms with Crippen molar-refractivity contribution in [1.29, 1.82) is 0 Å². The highest BCUT2D eigenvalue weighted by atomic mass is 16.5. The molecule has 0 saturated heterocycles. The van der Waals surface area contributed by atoms with Crippen molar-refractivity contribution in [1.82, 2.24) is 15.0 Å². The fourth-order valence-corrected chi connectivity index (χ4v) is 2.74. The standard InChI is InChI=1S/C19H16N4O/c1-24-17-9-5-8-16-18(17)14(12-21-16)15-10-11-20-19(23-15)22-13-6-3-2-4-7-13/h2-12,21H,1H3,(H,20,22,23). The molecule has 2 aromatic heterocycles. The van der Waals surface area contributed by atoms with E-state index in [0.717, 1.165) is 33.6 Å². The number of methoxy groups -OCH3 is 1. The van der Waals surface area contributed by atoms with Crippen LogP contribution in [0.3, 0.4) is 0 Å². The molecule has 0 atom stereocenters. The van der Waals surface area contributed by atoms with Gasteiger partial charge < -0.3 is 15.0 Å². The Labute approximate surface area is 139 Å². The zero-order valence-electron chi connectivity index (χ0n) is 13.2. The third-order valence-corrected chi connectivity index (χ3v) is 3.85. The Morgan fingerprint density at radius 3 is 2.71 bits per heavy atom. The van der Waals surface area contributed by atoms with Crippen LogP contribution < -0.4 is 10.1 Å². The molecule has 0 unspecified atom stereocenters. The highest BCUT2D eigenvalue weighted by Gasteiger charge is 2.12. The summed E-state index contributed by atoms with van der Waals surface area (Å²) in [6.07, 6.45) is 3.70. The molecule has 0 spiro atoms. The van der Waals surface area contributed by atoms with Crippen molar-refractivity contribution < 1.29 is 4.74 Å². The van der Waals surface area contributed by atoms with Crippen LogP contribution in [0.25, 0.3) is 22.2 Å². The number of H-pyrrole nitrogens is 1. The number of nitrogens with one attached hydrogen (secondary N) is 2. The lowest BCUT2D eigenvalue weighted by molar-refractivity contribution is 0.420. The third-order valence-electron chi connectivity index (χ3n) is 3.85. The van der Waals surface area contributed by atoms with Crippen molar-refractivity contribution in [3.8, 4) is 17.0 Å². The SMILES string of the molecule is COc1cccc2[nH]cc(-c3ccnc(Nc4ccccc4)n3)c12. The predicted octanol–water partition coefficient (Wildman–Crippen LogP) is 4.38. The second-order valence-corrected chi connectivity index (χ2v) is 5.34. The number of anilines is 2. The van der Waals surface area contributed by atoms with E-state index >= 15 is 0 Å². The van der Waals surface area contributed by atoms with E-state index in [4.69, 9.17) is 4.74 Å². The molecule has 5 heteroatoms. The van der Waals surface area contributed by atoms with E-state index in [1.165, 1.54) is 0 Å². The molecule has 2 aromatic carbocycles. The van der Waals surface area contributed by atoms with Gasteiger partial charge in [0, 0.05) is 29.2 Å². The van der Waals surface area contributed by atoms with Crippen LogP contribution in [0.2, 0.25) is 0 Å². The van der Waals surface area contributed by atoms with Crippen LogP contribution in [0.5, 0.6) is 5.75 Å². The molecule has 0 bridgehead atoms. The van der Waals surface area contributed by atoms with Gasteiger partial charge >= 0.3 is 0 Å². The average Bonchev–Trinajstić information content (AvgIpc) is 3.07. The van der Waals surface area contributed by atoms with Crippen LogP contribution in [-0.2, 0) is 0 Å². The lowest BCUT2D eigenvalue weighted by Crippen LogP contribution is -1.97. The minimum atomic E-state index is 0.558. The molecular weight excluding hydrogens is 300 g/mol. The number of para-hydroxylation sites is 1. The van der Waals surface area contributed by atoms with E-state index in [-0.39, 0.29) is 0 Å². The molecular formula is C19H16N4O. The quantitative estimate of drug-likeness (QED) is 0.586. The molecule has 0 aliphatic carbocycles. The van der Waals surface area contributed by atoms with Gasteiger partial charge in [-0.3, -0.25) is 0 Å². The first-order valence-corrected chi connectivity index (χ1v) is 7.65. The van der Waals surface area contributed by atoms with E-state index in [1.807, 2.05) is 60.8 Å². The molecule has 5 nitrogen and oxygen atoms in total. The fourth-order valence-electron chi connectivity index (χ4n) is 2.74. The largest absolute Gasteiger partial charge is 0.496 e. The Bertz CT molecular complexity index is 979. The molecule has 0 saturated carbocycles. The summed E-state index contributed by atoms with van der Waals surface area (Å²) in [7, 11) is 1.67. The first-order valence-electron chi connectivity index (χ1n) is 7.65. The monoisotopic (exact) mass is 316 g/mol. The van der Waals surface area contributed by atoms with Gasteiger partial charge in [-0.05, 0) is 30.3 Å². The molecule has 0 radical (unpaired) electrons. The van der Waals surface area contributed by atoms with Gasteiger partial charge in [-0.25, -0.2) is 9.97 Å². The molecule has 0 amide bonds. The van der Waals surface area contributed by atoms with Crippen molar-refractivity contribution in [3.05, 3.63) is 67.0 Å². The molecule has 0 aliphatic rings. The van der Waals surface area contributed by atoms with Crippen LogP contribution in [0.4, 0.5) is 11.6 Å². The summed E-state index contributed by atoms with van der Waals surface area (Å²) in [4.78, 5) is 12.2. The van der Waals surface area contributed by atoms with Crippen LogP contribution in [0, 0.1) is 0 Å². The van der Waals surface area contributed by atoms with Gasteiger partial charge in [0.1, 0.15) is 5.75 Å². The van der Waals surface area contributed by atoms with E-state index in [9.17, 15) is 0 Å². The maximum Gasteiger partial charge on any atom is 0.227 e. The number of hydrogen-bond acceptors (Lipinski definition) is 4. The summed E-state index contributed by atoms with van der Waals surface area (Å²) in [5, 5.41) is 4.24. The summed E-state index contributed by atoms with van der Waals surface area (Å²) in [5.41, 5.74) is 3.78. The van der Waals surface area contributed by atoms with E-state index in [1.54, 1.807) is 13.3 Å². The second-order valence-electron chi connectivity index (χ2n) is 5.34. The molecule has 0 aliphatic heterocycles. The fraction of sp³-hybridized carbons (Fsp3) is 0.0526. The number of nitrogens with zero attached hydrogens (tertiary/aromatic N) is 2. The maximum absolute atomic E-state index is 5.49. The Balaban J connectivity index is 1.77. The number of ether oxygens (including phenoxy) is 1. The molecule has 2 N–H and O–H groups in total. The summed E-state index contributed by atoms with van der Waals surface area (Å²) >= 11 is 0. The highest BCUT2D eigenvalue weighted by Crippen LogP contribution is 2.34. The van der Waals surface area contributed by atoms with Gasteiger partial charge in [0.2, 0.25) is 5.95 Å². The van der Waals surface area contributed by atoms with Crippen molar-refractivity contribution in [2.45, 2.75) is 0 Å². The van der Waals surface area contributed by atoms with Gasteiger partial charge in [0.05, 0.1) is 18.2 Å². The van der Waals surface area contributed by atoms with E-state index in [0.29, 0.717) is 5.95 Å². The first kappa shape index (κ1) is 14.3. The summed E-state index contributed by atoms with van der Waals surface area (Å²) in [6.45, 7) is 0. The zero-order chi connectivity index (χ0) is 16.4. The van der Waals surface area contributed by atoms with Gasteiger partial charge in [-0.1, -0.05) is 24.3 Å². The molecule has 4 rings (SSSR count). The molecule has 2 heterocycles. The Morgan fingerprint density at radius 1 is 1.00 bits per heavy atom. The van der Waals surface area contributed by atoms with Crippen molar-refractivity contribution in [2.75, 3.05) is 12.4 Å². The number of hydrogen-bond donors (Lipinski definition) is 2. The molecule has 24 heavy (non-hydrogen) atoms. The number of aromatic amines is 1.